The van der Waals surface area contributed by atoms with Crippen molar-refractivity contribution in [2.24, 2.45) is 46.3 Å². The molecule has 13 heteroatoms. The first-order valence-corrected chi connectivity index (χ1v) is 22.3. The predicted molar refractivity (Wildman–Crippen MR) is 208 cm³/mol. The highest BCUT2D eigenvalue weighted by atomic mass is 35.5. The number of carbonyl (C=O) groups is 3. The van der Waals surface area contributed by atoms with Crippen LogP contribution >= 0.6 is 0 Å². The maximum absolute atomic E-state index is 14.6. The Morgan fingerprint density at radius 2 is 1.76 bits per heavy atom. The van der Waals surface area contributed by atoms with Gasteiger partial charge in [0.1, 0.15) is 18.8 Å². The van der Waals surface area contributed by atoms with Crippen molar-refractivity contribution in [3.63, 3.8) is 0 Å². The number of aliphatic hydroxyl groups excluding tert-OH is 2. The van der Waals surface area contributed by atoms with E-state index in [-0.39, 0.29) is 109 Å². The molecule has 3 unspecified atom stereocenters. The number of ether oxygens (including phenoxy) is 3. The molecule has 5 bridgehead atoms. The zero-order valence-corrected chi connectivity index (χ0v) is 35.5. The van der Waals surface area contributed by atoms with E-state index in [2.05, 4.69) is 44.0 Å². The zero-order chi connectivity index (χ0) is 40.5. The van der Waals surface area contributed by atoms with Crippen LogP contribution in [-0.2, 0) is 34.0 Å². The second-order valence-corrected chi connectivity index (χ2v) is 20.9. The first-order valence-electron chi connectivity index (χ1n) is 22.3. The lowest BCUT2D eigenvalue weighted by atomic mass is 9.41. The second kappa shape index (κ2) is 12.9. The van der Waals surface area contributed by atoms with E-state index in [1.54, 1.807) is 6.08 Å². The number of methoxy groups -OCH3 is 1. The Hall–Kier alpha value is -2.74. The number of fused-ring (bicyclic) bond motifs is 7. The smallest absolute Gasteiger partial charge is 0.362 e. The number of halogens is 1. The number of likely N-dealkylation sites (N-methyl/N-ethyl adjacent to an activating group) is 1. The van der Waals surface area contributed by atoms with Gasteiger partial charge < -0.3 is 51.9 Å². The van der Waals surface area contributed by atoms with Crippen LogP contribution in [-0.4, -0.2) is 118 Å². The van der Waals surface area contributed by atoms with Crippen LogP contribution in [0.2, 0.25) is 0 Å². The minimum Gasteiger partial charge on any atom is -1.00 e. The molecule has 18 atom stereocenters. The van der Waals surface area contributed by atoms with Gasteiger partial charge in [-0.25, -0.2) is 9.59 Å². The first kappa shape index (κ1) is 40.3. The third-order valence-corrected chi connectivity index (χ3v) is 19.9. The van der Waals surface area contributed by atoms with E-state index in [1.165, 1.54) is 12.7 Å². The maximum Gasteiger partial charge on any atom is 0.362 e. The van der Waals surface area contributed by atoms with Crippen LogP contribution in [0.4, 0.5) is 5.69 Å². The Labute approximate surface area is 352 Å². The summed E-state index contributed by atoms with van der Waals surface area (Å²) in [4.78, 5) is 43.2. The van der Waals surface area contributed by atoms with Crippen LogP contribution in [0.15, 0.2) is 35.9 Å². The molecule has 322 valence electrons. The molecule has 11 aliphatic rings. The van der Waals surface area contributed by atoms with Gasteiger partial charge in [-0.05, 0) is 98.7 Å². The molecule has 59 heavy (non-hydrogen) atoms. The van der Waals surface area contributed by atoms with Crippen molar-refractivity contribution in [3.05, 3.63) is 41.5 Å². The number of nitrogens with zero attached hydrogens (tertiary/aromatic N) is 2. The lowest BCUT2D eigenvalue weighted by molar-refractivity contribution is -1.03. The van der Waals surface area contributed by atoms with Crippen molar-refractivity contribution in [2.45, 2.75) is 144 Å². The van der Waals surface area contributed by atoms with Gasteiger partial charge in [-0.3, -0.25) is 9.28 Å². The molecule has 5 aliphatic carbocycles. The SMILES string of the molecule is CC[C@H]1C2C[C@H]3[C@@H]4N(C)c5ccccc5[C@]45C[C@@H](C2[C@H]5O)[N+]3(CC(=O)O[C@H]2CC[C@]3(C(=O)OC)[C@H]4CC[C@]5(C)[C@@H](C6=CC(=O)OC6)CC[C@]5(O)[C@@H]4CC[C@]3(O)C2)[C@@H]1O.[Cl-]. The van der Waals surface area contributed by atoms with E-state index in [4.69, 9.17) is 14.2 Å². The molecule has 6 aliphatic heterocycles. The van der Waals surface area contributed by atoms with Crippen LogP contribution in [0.3, 0.4) is 0 Å². The second-order valence-electron chi connectivity index (χ2n) is 20.9. The van der Waals surface area contributed by atoms with Gasteiger partial charge in [0.15, 0.2) is 12.8 Å². The van der Waals surface area contributed by atoms with Gasteiger partial charge in [0.25, 0.3) is 0 Å². The van der Waals surface area contributed by atoms with Gasteiger partial charge in [-0.2, -0.15) is 0 Å². The summed E-state index contributed by atoms with van der Waals surface area (Å²) < 4.78 is 17.5. The van der Waals surface area contributed by atoms with E-state index in [1.807, 2.05) is 6.07 Å². The Kier molecular flexibility index (Phi) is 8.83. The van der Waals surface area contributed by atoms with E-state index < -0.39 is 57.8 Å². The number of piperidine rings is 4. The average molecular weight is 837 g/mol. The molecule has 1 spiro atoms. The minimum absolute atomic E-state index is 0. The summed E-state index contributed by atoms with van der Waals surface area (Å²) in [5.74, 6) is -1.64. The summed E-state index contributed by atoms with van der Waals surface area (Å²) >= 11 is 0. The van der Waals surface area contributed by atoms with E-state index in [9.17, 15) is 34.8 Å². The van der Waals surface area contributed by atoms with Crippen LogP contribution < -0.4 is 17.3 Å². The summed E-state index contributed by atoms with van der Waals surface area (Å²) in [7, 11) is 3.48. The van der Waals surface area contributed by atoms with Gasteiger partial charge in [-0.15, -0.1) is 0 Å². The molecule has 9 fully saturated rings. The first-order chi connectivity index (χ1) is 27.7. The normalized spacial score (nSPS) is 51.7. The number of benzene rings is 1. The molecule has 1 aromatic carbocycles. The molecular weight excluding hydrogens is 776 g/mol. The zero-order valence-electron chi connectivity index (χ0n) is 34.7. The summed E-state index contributed by atoms with van der Waals surface area (Å²) in [6.45, 7) is 4.49. The van der Waals surface area contributed by atoms with E-state index in [0.717, 1.165) is 30.5 Å². The highest BCUT2D eigenvalue weighted by Gasteiger charge is 2.83. The molecule has 4 saturated heterocycles. The molecule has 4 N–H and O–H groups in total. The quantitative estimate of drug-likeness (QED) is 0.180. The average Bonchev–Trinajstić information content (AvgIpc) is 3.89. The van der Waals surface area contributed by atoms with Crippen LogP contribution in [0, 0.1) is 46.3 Å². The molecule has 12 rings (SSSR count). The highest BCUT2D eigenvalue weighted by Crippen LogP contribution is 2.73. The van der Waals surface area contributed by atoms with E-state index >= 15 is 0 Å². The third kappa shape index (κ3) is 4.52. The fraction of sp³-hybridized carbons (Fsp3) is 0.761. The van der Waals surface area contributed by atoms with Gasteiger partial charge in [-0.1, -0.05) is 32.0 Å². The highest BCUT2D eigenvalue weighted by molar-refractivity contribution is 5.85. The van der Waals surface area contributed by atoms with Crippen molar-refractivity contribution < 1.29 is 65.9 Å². The Morgan fingerprint density at radius 1 is 1.00 bits per heavy atom. The van der Waals surface area contributed by atoms with Gasteiger partial charge in [0, 0.05) is 55.3 Å². The van der Waals surface area contributed by atoms with Gasteiger partial charge >= 0.3 is 17.9 Å². The van der Waals surface area contributed by atoms with Gasteiger partial charge in [0.05, 0.1) is 47.3 Å². The number of hydrogen-bond acceptors (Lipinski definition) is 11. The number of rotatable bonds is 6. The molecule has 1 aromatic rings. The number of quaternary nitrogens is 1. The van der Waals surface area contributed by atoms with E-state index in [0.29, 0.717) is 38.5 Å². The van der Waals surface area contributed by atoms with Crippen molar-refractivity contribution in [1.82, 2.24) is 0 Å². The minimum atomic E-state index is -1.50. The van der Waals surface area contributed by atoms with Crippen molar-refractivity contribution in [3.8, 4) is 0 Å². The molecular formula is C46H61ClN2O10. The number of para-hydroxylation sites is 1. The Bertz CT molecular complexity index is 2020. The Balaban J connectivity index is 0.00000420. The monoisotopic (exact) mass is 836 g/mol. The summed E-state index contributed by atoms with van der Waals surface area (Å²) in [5.41, 5.74) is -1.55. The summed E-state index contributed by atoms with van der Waals surface area (Å²) in [5, 5.41) is 50.6. The van der Waals surface area contributed by atoms with Crippen LogP contribution in [0.1, 0.15) is 96.5 Å². The fourth-order valence-corrected chi connectivity index (χ4v) is 17.9. The molecule has 5 saturated carbocycles. The lowest BCUT2D eigenvalue weighted by Gasteiger charge is -2.67. The number of cyclic esters (lactones) is 1. The fourth-order valence-electron chi connectivity index (χ4n) is 17.9. The lowest BCUT2D eigenvalue weighted by Crippen LogP contribution is -3.00. The Morgan fingerprint density at radius 3 is 2.49 bits per heavy atom. The third-order valence-electron chi connectivity index (χ3n) is 19.9. The van der Waals surface area contributed by atoms with Crippen LogP contribution in [0.25, 0.3) is 0 Å². The topological polar surface area (TPSA) is 163 Å². The van der Waals surface area contributed by atoms with Crippen molar-refractivity contribution >= 4 is 23.6 Å². The van der Waals surface area contributed by atoms with Gasteiger partial charge in [0.2, 0.25) is 0 Å². The number of carbonyl (C=O) groups excluding carboxylic acids is 3. The number of esters is 3. The molecule has 6 heterocycles. The number of anilines is 1. The molecule has 0 radical (unpaired) electrons. The van der Waals surface area contributed by atoms with Crippen LogP contribution in [0.5, 0.6) is 0 Å². The molecule has 0 amide bonds. The standard InChI is InChI=1S/C46H61N2O10.ClH/c1-5-26-27-19-33-38-44(31-8-6-7-9-32(31)47(38)3)21-34(37(27)39(44)51)48(33,40(26)52)22-36(50)58-25-10-16-45(41(53)56-4)29-11-14-42(2)28(24-18-35(49)57-23-24)13-17-46(42,55)30(29)12-15-43(45,54)20-25;/h6-9,18,25-30,33-34,37-40,51-52,54-55H,5,10-17,19-23H2,1-4H3;1H/q+1;/p-1/t25-,26-,27?,28+,29-,30+,33-,34-,37?,38-,39+,40+,42+,43-,44+,45+,46-,48?;/m0./s1. The number of aliphatic hydroxyl groups is 4. The van der Waals surface area contributed by atoms with Crippen molar-refractivity contribution in [2.75, 3.05) is 32.2 Å². The molecule has 12 nitrogen and oxygen atoms in total. The summed E-state index contributed by atoms with van der Waals surface area (Å²) in [6.07, 6.45) is 6.02. The summed E-state index contributed by atoms with van der Waals surface area (Å²) in [6, 6.07) is 8.21. The largest absolute Gasteiger partial charge is 1.00 e. The number of hydrogen-bond donors (Lipinski definition) is 4. The molecule has 0 aromatic heterocycles. The predicted octanol–water partition coefficient (Wildman–Crippen LogP) is 0.510. The van der Waals surface area contributed by atoms with Crippen molar-refractivity contribution in [1.29, 1.82) is 0 Å². The maximum atomic E-state index is 14.6.